The maximum absolute atomic E-state index is 5.80. The van der Waals surface area contributed by atoms with Crippen molar-refractivity contribution in [3.63, 3.8) is 0 Å². The monoisotopic (exact) mass is 278 g/mol. The van der Waals surface area contributed by atoms with Gasteiger partial charge in [0.2, 0.25) is 0 Å². The number of allylic oxidation sites excluding steroid dienone is 4. The largest absolute Gasteiger partial charge is 0.495 e. The predicted molar refractivity (Wildman–Crippen MR) is 79.8 cm³/mol. The quantitative estimate of drug-likeness (QED) is 0.814. The molecule has 0 N–H and O–H groups in total. The van der Waals surface area contributed by atoms with Crippen LogP contribution < -0.4 is 9.47 Å². The van der Waals surface area contributed by atoms with E-state index in [-0.39, 0.29) is 0 Å². The van der Waals surface area contributed by atoms with E-state index in [1.807, 2.05) is 42.5 Å². The van der Waals surface area contributed by atoms with Crippen molar-refractivity contribution in [3.05, 3.63) is 53.2 Å². The number of thiol groups is 2. The summed E-state index contributed by atoms with van der Waals surface area (Å²) in [5.74, 6) is 2.30. The average molecular weight is 278 g/mol. The fourth-order valence-electron chi connectivity index (χ4n) is 1.54. The first-order valence-electron chi connectivity index (χ1n) is 5.50. The van der Waals surface area contributed by atoms with Crippen LogP contribution in [-0.2, 0) is 0 Å². The Hall–Kier alpha value is -1.26. The van der Waals surface area contributed by atoms with E-state index < -0.39 is 0 Å². The van der Waals surface area contributed by atoms with Crippen LogP contribution in [0, 0.1) is 0 Å². The normalized spacial score (nSPS) is 14.6. The Morgan fingerprint density at radius 2 is 2.06 bits per heavy atom. The van der Waals surface area contributed by atoms with Crippen molar-refractivity contribution in [1.29, 1.82) is 0 Å². The van der Waals surface area contributed by atoms with Gasteiger partial charge in [-0.05, 0) is 24.3 Å². The van der Waals surface area contributed by atoms with E-state index in [4.69, 9.17) is 9.47 Å². The van der Waals surface area contributed by atoms with Gasteiger partial charge in [0.15, 0.2) is 0 Å². The highest BCUT2D eigenvalue weighted by Crippen LogP contribution is 2.29. The van der Waals surface area contributed by atoms with Gasteiger partial charge in [-0.2, -0.15) is 0 Å². The summed E-state index contributed by atoms with van der Waals surface area (Å²) >= 11 is 8.59. The lowest BCUT2D eigenvalue weighted by Gasteiger charge is -2.10. The summed E-state index contributed by atoms with van der Waals surface area (Å²) in [4.78, 5) is 1.73. The molecule has 1 aromatic carbocycles. The molecule has 0 atom stereocenters. The van der Waals surface area contributed by atoms with Gasteiger partial charge in [0, 0.05) is 22.3 Å². The molecule has 0 bridgehead atoms. The summed E-state index contributed by atoms with van der Waals surface area (Å²) in [5.41, 5.74) is 0. The minimum Gasteiger partial charge on any atom is -0.495 e. The summed E-state index contributed by atoms with van der Waals surface area (Å²) < 4.78 is 11.0. The third kappa shape index (κ3) is 3.37. The predicted octanol–water partition coefficient (Wildman–Crippen LogP) is 4.02. The van der Waals surface area contributed by atoms with Gasteiger partial charge in [0.05, 0.1) is 7.11 Å². The Labute approximate surface area is 118 Å². The molecule has 0 unspecified atom stereocenters. The Balaban J connectivity index is 2.15. The van der Waals surface area contributed by atoms with E-state index in [0.717, 1.165) is 27.7 Å². The molecule has 94 valence electrons. The van der Waals surface area contributed by atoms with E-state index in [2.05, 4.69) is 25.3 Å². The second-order valence-corrected chi connectivity index (χ2v) is 4.76. The standard InChI is InChI=1S/C14H14O2S2/c1-15-13-9-11(6-8-14(13)18)16-10-3-2-4-12(17)7-5-10/h2-4,6-9,17-18H,5H2,1H3. The number of benzene rings is 1. The van der Waals surface area contributed by atoms with Crippen LogP contribution in [0.25, 0.3) is 0 Å². The zero-order valence-corrected chi connectivity index (χ0v) is 11.7. The van der Waals surface area contributed by atoms with Gasteiger partial charge >= 0.3 is 0 Å². The maximum atomic E-state index is 5.80. The lowest BCUT2D eigenvalue weighted by molar-refractivity contribution is 0.389. The van der Waals surface area contributed by atoms with Crippen LogP contribution in [0.2, 0.25) is 0 Å². The zero-order valence-electron chi connectivity index (χ0n) is 9.96. The van der Waals surface area contributed by atoms with Crippen molar-refractivity contribution in [2.75, 3.05) is 7.11 Å². The number of methoxy groups -OCH3 is 1. The molecular weight excluding hydrogens is 264 g/mol. The minimum atomic E-state index is 0.700. The van der Waals surface area contributed by atoms with Crippen molar-refractivity contribution in [3.8, 4) is 11.5 Å². The van der Waals surface area contributed by atoms with Crippen molar-refractivity contribution < 1.29 is 9.47 Å². The molecule has 4 heteroatoms. The number of hydrogen-bond donors (Lipinski definition) is 2. The summed E-state index contributed by atoms with van der Waals surface area (Å²) in [6, 6.07) is 5.54. The molecule has 2 rings (SSSR count). The molecule has 0 fully saturated rings. The van der Waals surface area contributed by atoms with Crippen molar-refractivity contribution >= 4 is 25.3 Å². The van der Waals surface area contributed by atoms with Gasteiger partial charge in [-0.3, -0.25) is 0 Å². The number of rotatable bonds is 3. The van der Waals surface area contributed by atoms with Crippen LogP contribution in [0.5, 0.6) is 11.5 Å². The molecule has 2 nitrogen and oxygen atoms in total. The Bertz CT molecular complexity index is 528. The first kappa shape index (κ1) is 13.2. The molecule has 0 amide bonds. The topological polar surface area (TPSA) is 18.5 Å². The van der Waals surface area contributed by atoms with E-state index in [9.17, 15) is 0 Å². The Morgan fingerprint density at radius 3 is 2.83 bits per heavy atom. The first-order chi connectivity index (χ1) is 8.69. The SMILES string of the molecule is COc1cc(OC2=CC=CC(S)=CC2)ccc1S. The van der Waals surface area contributed by atoms with Crippen molar-refractivity contribution in [1.82, 2.24) is 0 Å². The third-order valence-electron chi connectivity index (χ3n) is 2.46. The van der Waals surface area contributed by atoms with Crippen LogP contribution in [-0.4, -0.2) is 7.11 Å². The molecule has 1 aliphatic rings. The molecule has 0 radical (unpaired) electrons. The highest BCUT2D eigenvalue weighted by Gasteiger charge is 2.05. The van der Waals surface area contributed by atoms with Gasteiger partial charge in [0.1, 0.15) is 17.3 Å². The van der Waals surface area contributed by atoms with Gasteiger partial charge in [-0.15, -0.1) is 25.3 Å². The van der Waals surface area contributed by atoms with Crippen LogP contribution in [0.4, 0.5) is 0 Å². The first-order valence-corrected chi connectivity index (χ1v) is 6.39. The van der Waals surface area contributed by atoms with Gasteiger partial charge in [-0.1, -0.05) is 12.2 Å². The summed E-state index contributed by atoms with van der Waals surface area (Å²) in [6.45, 7) is 0. The van der Waals surface area contributed by atoms with Gasteiger partial charge in [-0.25, -0.2) is 0 Å². The van der Waals surface area contributed by atoms with Crippen LogP contribution in [0.1, 0.15) is 6.42 Å². The van der Waals surface area contributed by atoms with Crippen molar-refractivity contribution in [2.45, 2.75) is 11.3 Å². The molecule has 0 saturated carbocycles. The zero-order chi connectivity index (χ0) is 13.0. The van der Waals surface area contributed by atoms with Crippen LogP contribution >= 0.6 is 25.3 Å². The Kier molecular flexibility index (Phi) is 4.44. The third-order valence-corrected chi connectivity index (χ3v) is 3.16. The highest BCUT2D eigenvalue weighted by atomic mass is 32.1. The van der Waals surface area contributed by atoms with Crippen LogP contribution in [0.3, 0.4) is 0 Å². The molecular formula is C14H14O2S2. The lowest BCUT2D eigenvalue weighted by atomic mass is 10.3. The van der Waals surface area contributed by atoms with Gasteiger partial charge in [0.25, 0.3) is 0 Å². The molecule has 1 aliphatic carbocycles. The molecule has 0 heterocycles. The van der Waals surface area contributed by atoms with Crippen LogP contribution in [0.15, 0.2) is 58.1 Å². The van der Waals surface area contributed by atoms with E-state index in [1.54, 1.807) is 7.11 Å². The number of hydrogen-bond acceptors (Lipinski definition) is 4. The molecule has 0 aromatic heterocycles. The second kappa shape index (κ2) is 6.07. The molecule has 18 heavy (non-hydrogen) atoms. The molecule has 0 aliphatic heterocycles. The minimum absolute atomic E-state index is 0.700. The Morgan fingerprint density at radius 1 is 1.22 bits per heavy atom. The fraction of sp³-hybridized carbons (Fsp3) is 0.143. The van der Waals surface area contributed by atoms with E-state index in [0.29, 0.717) is 5.75 Å². The van der Waals surface area contributed by atoms with Crippen molar-refractivity contribution in [2.24, 2.45) is 0 Å². The second-order valence-electron chi connectivity index (χ2n) is 3.76. The molecule has 0 saturated heterocycles. The van der Waals surface area contributed by atoms with Gasteiger partial charge < -0.3 is 9.47 Å². The maximum Gasteiger partial charge on any atom is 0.135 e. The molecule has 1 aromatic rings. The smallest absolute Gasteiger partial charge is 0.135 e. The summed E-state index contributed by atoms with van der Waals surface area (Å²) in [5, 5.41) is 0. The average Bonchev–Trinajstić information content (AvgIpc) is 2.57. The highest BCUT2D eigenvalue weighted by molar-refractivity contribution is 7.84. The fourth-order valence-corrected chi connectivity index (χ4v) is 1.95. The lowest BCUT2D eigenvalue weighted by Crippen LogP contribution is -1.95. The summed E-state index contributed by atoms with van der Waals surface area (Å²) in [6.07, 6.45) is 8.50. The molecule has 0 spiro atoms. The summed E-state index contributed by atoms with van der Waals surface area (Å²) in [7, 11) is 1.61. The van der Waals surface area contributed by atoms with E-state index in [1.165, 1.54) is 0 Å². The number of ether oxygens (including phenoxy) is 2. The van der Waals surface area contributed by atoms with E-state index >= 15 is 0 Å².